The van der Waals surface area contributed by atoms with Crippen LogP contribution in [0.1, 0.15) is 29.2 Å². The third-order valence-electron chi connectivity index (χ3n) is 3.81. The Labute approximate surface area is 172 Å². The molecule has 1 heterocycles. The molecule has 0 saturated heterocycles. The van der Waals surface area contributed by atoms with Crippen LogP contribution in [-0.4, -0.2) is 24.5 Å². The molecule has 152 valence electrons. The molecule has 3 aromatic rings. The number of nitrogens with zero attached hydrogens (tertiary/aromatic N) is 2. The highest BCUT2D eigenvalue weighted by Gasteiger charge is 2.19. The van der Waals surface area contributed by atoms with Gasteiger partial charge in [0.25, 0.3) is 15.9 Å². The lowest BCUT2D eigenvalue weighted by atomic mass is 10.1. The standard InChI is InChI=1S/C19H19FN4O3S2/c1-12(2)11-17-22-23-19(28-17)21-18(25)15-5-3-4-6-16(15)24-29(26,27)14-9-7-13(20)8-10-14/h3-10,12,24H,11H2,1-2H3,(H,21,23,25). The summed E-state index contributed by atoms with van der Waals surface area (Å²) >= 11 is 1.27. The molecule has 0 atom stereocenters. The predicted molar refractivity (Wildman–Crippen MR) is 110 cm³/mol. The van der Waals surface area contributed by atoms with Crippen molar-refractivity contribution in [1.82, 2.24) is 10.2 Å². The first kappa shape index (κ1) is 20.9. The monoisotopic (exact) mass is 434 g/mol. The van der Waals surface area contributed by atoms with Gasteiger partial charge in [0.2, 0.25) is 5.13 Å². The van der Waals surface area contributed by atoms with E-state index in [1.807, 2.05) is 0 Å². The minimum Gasteiger partial charge on any atom is -0.296 e. The summed E-state index contributed by atoms with van der Waals surface area (Å²) in [5.41, 5.74) is 0.222. The molecule has 0 aliphatic heterocycles. The van der Waals surface area contributed by atoms with Crippen LogP contribution in [0.2, 0.25) is 0 Å². The fraction of sp³-hybridized carbons (Fsp3) is 0.211. The number of benzene rings is 2. The van der Waals surface area contributed by atoms with Crippen LogP contribution in [0, 0.1) is 11.7 Å². The van der Waals surface area contributed by atoms with E-state index in [-0.39, 0.29) is 16.1 Å². The van der Waals surface area contributed by atoms with Crippen molar-refractivity contribution >= 4 is 38.1 Å². The van der Waals surface area contributed by atoms with E-state index in [0.717, 1.165) is 35.7 Å². The van der Waals surface area contributed by atoms with Gasteiger partial charge in [0.15, 0.2) is 0 Å². The highest BCUT2D eigenvalue weighted by molar-refractivity contribution is 7.92. The molecular weight excluding hydrogens is 415 g/mol. The zero-order valence-electron chi connectivity index (χ0n) is 15.7. The zero-order chi connectivity index (χ0) is 21.0. The lowest BCUT2D eigenvalue weighted by Gasteiger charge is -2.12. The van der Waals surface area contributed by atoms with Gasteiger partial charge in [-0.15, -0.1) is 10.2 Å². The minimum atomic E-state index is -3.99. The summed E-state index contributed by atoms with van der Waals surface area (Å²) in [6.07, 6.45) is 0.752. The van der Waals surface area contributed by atoms with Crippen molar-refractivity contribution in [1.29, 1.82) is 0 Å². The normalized spacial score (nSPS) is 11.4. The van der Waals surface area contributed by atoms with Gasteiger partial charge in [0.05, 0.1) is 16.1 Å². The highest BCUT2D eigenvalue weighted by Crippen LogP contribution is 2.23. The van der Waals surface area contributed by atoms with Crippen LogP contribution < -0.4 is 10.0 Å². The van der Waals surface area contributed by atoms with E-state index in [9.17, 15) is 17.6 Å². The Kier molecular flexibility index (Phi) is 6.23. The third kappa shape index (κ3) is 5.36. The molecule has 0 fully saturated rings. The van der Waals surface area contributed by atoms with E-state index < -0.39 is 21.7 Å². The quantitative estimate of drug-likeness (QED) is 0.587. The van der Waals surface area contributed by atoms with Crippen LogP contribution in [0.25, 0.3) is 0 Å². The molecule has 0 spiro atoms. The Bertz CT molecular complexity index is 1110. The SMILES string of the molecule is CC(C)Cc1nnc(NC(=O)c2ccccc2NS(=O)(=O)c2ccc(F)cc2)s1. The maximum Gasteiger partial charge on any atom is 0.261 e. The Morgan fingerprint density at radius 3 is 2.48 bits per heavy atom. The van der Waals surface area contributed by atoms with E-state index in [4.69, 9.17) is 0 Å². The second-order valence-corrected chi connectivity index (χ2v) is 9.40. The number of amides is 1. The van der Waals surface area contributed by atoms with Gasteiger partial charge in [0, 0.05) is 6.42 Å². The van der Waals surface area contributed by atoms with Crippen molar-refractivity contribution in [2.75, 3.05) is 10.0 Å². The molecule has 10 heteroatoms. The highest BCUT2D eigenvalue weighted by atomic mass is 32.2. The van der Waals surface area contributed by atoms with Crippen molar-refractivity contribution in [3.05, 3.63) is 64.9 Å². The van der Waals surface area contributed by atoms with E-state index in [1.54, 1.807) is 12.1 Å². The van der Waals surface area contributed by atoms with Crippen LogP contribution in [-0.2, 0) is 16.4 Å². The average molecular weight is 435 g/mol. The zero-order valence-corrected chi connectivity index (χ0v) is 17.3. The van der Waals surface area contributed by atoms with Crippen molar-refractivity contribution < 1.29 is 17.6 Å². The number of para-hydroxylation sites is 1. The van der Waals surface area contributed by atoms with Crippen LogP contribution in [0.15, 0.2) is 53.4 Å². The molecule has 1 amide bonds. The number of hydrogen-bond donors (Lipinski definition) is 2. The third-order valence-corrected chi connectivity index (χ3v) is 6.05. The summed E-state index contributed by atoms with van der Waals surface area (Å²) in [4.78, 5) is 12.6. The van der Waals surface area contributed by atoms with Crippen LogP contribution >= 0.6 is 11.3 Å². The summed E-state index contributed by atoms with van der Waals surface area (Å²) in [7, 11) is -3.99. The van der Waals surface area contributed by atoms with Gasteiger partial charge in [-0.2, -0.15) is 0 Å². The largest absolute Gasteiger partial charge is 0.296 e. The molecule has 2 N–H and O–H groups in total. The second kappa shape index (κ2) is 8.66. The number of anilines is 2. The van der Waals surface area contributed by atoms with Gasteiger partial charge in [-0.1, -0.05) is 37.3 Å². The molecule has 0 unspecified atom stereocenters. The van der Waals surface area contributed by atoms with Crippen molar-refractivity contribution in [3.8, 4) is 0 Å². The molecular formula is C19H19FN4O3S2. The second-order valence-electron chi connectivity index (χ2n) is 6.66. The first-order chi connectivity index (χ1) is 13.7. The maximum atomic E-state index is 13.1. The van der Waals surface area contributed by atoms with Gasteiger partial charge in [-0.3, -0.25) is 14.8 Å². The van der Waals surface area contributed by atoms with Crippen LogP contribution in [0.5, 0.6) is 0 Å². The smallest absolute Gasteiger partial charge is 0.261 e. The van der Waals surface area contributed by atoms with Crippen LogP contribution in [0.3, 0.4) is 0 Å². The van der Waals surface area contributed by atoms with Crippen LogP contribution in [0.4, 0.5) is 15.2 Å². The summed E-state index contributed by atoms with van der Waals surface area (Å²) in [6.45, 7) is 4.12. The van der Waals surface area contributed by atoms with Gasteiger partial charge < -0.3 is 0 Å². The topological polar surface area (TPSA) is 101 Å². The van der Waals surface area contributed by atoms with Crippen molar-refractivity contribution in [3.63, 3.8) is 0 Å². The molecule has 29 heavy (non-hydrogen) atoms. The van der Waals surface area contributed by atoms with Gasteiger partial charge in [-0.05, 0) is 42.3 Å². The Morgan fingerprint density at radius 2 is 1.79 bits per heavy atom. The lowest BCUT2D eigenvalue weighted by Crippen LogP contribution is -2.18. The molecule has 2 aromatic carbocycles. The number of carbonyl (C=O) groups is 1. The van der Waals surface area contributed by atoms with E-state index >= 15 is 0 Å². The number of halogens is 1. The van der Waals surface area contributed by atoms with Crippen molar-refractivity contribution in [2.24, 2.45) is 5.92 Å². The number of hydrogen-bond acceptors (Lipinski definition) is 6. The maximum absolute atomic E-state index is 13.1. The number of nitrogens with one attached hydrogen (secondary N) is 2. The number of aromatic nitrogens is 2. The molecule has 0 aliphatic rings. The summed E-state index contributed by atoms with van der Waals surface area (Å²) in [6, 6.07) is 10.6. The number of rotatable bonds is 7. The molecule has 0 bridgehead atoms. The summed E-state index contributed by atoms with van der Waals surface area (Å²) < 4.78 is 40.6. The Morgan fingerprint density at radius 1 is 1.10 bits per heavy atom. The fourth-order valence-electron chi connectivity index (χ4n) is 2.49. The minimum absolute atomic E-state index is 0.0984. The molecule has 0 radical (unpaired) electrons. The van der Waals surface area contributed by atoms with Gasteiger partial charge >= 0.3 is 0 Å². The molecule has 3 rings (SSSR count). The Balaban J connectivity index is 1.80. The van der Waals surface area contributed by atoms with Gasteiger partial charge in [0.1, 0.15) is 10.8 Å². The lowest BCUT2D eigenvalue weighted by molar-refractivity contribution is 0.102. The van der Waals surface area contributed by atoms with Crippen molar-refractivity contribution in [2.45, 2.75) is 25.2 Å². The van der Waals surface area contributed by atoms with E-state index in [0.29, 0.717) is 11.0 Å². The fourth-order valence-corrected chi connectivity index (χ4v) is 4.51. The molecule has 0 saturated carbocycles. The number of sulfonamides is 1. The molecule has 1 aromatic heterocycles. The number of carbonyl (C=O) groups excluding carboxylic acids is 1. The summed E-state index contributed by atoms with van der Waals surface area (Å²) in [5, 5.41) is 11.8. The predicted octanol–water partition coefficient (Wildman–Crippen LogP) is 3.93. The first-order valence-electron chi connectivity index (χ1n) is 8.76. The molecule has 7 nitrogen and oxygen atoms in total. The van der Waals surface area contributed by atoms with E-state index in [2.05, 4.69) is 34.1 Å². The molecule has 0 aliphatic carbocycles. The Hall–Kier alpha value is -2.85. The van der Waals surface area contributed by atoms with E-state index in [1.165, 1.54) is 23.5 Å². The average Bonchev–Trinajstić information content (AvgIpc) is 3.08. The van der Waals surface area contributed by atoms with Gasteiger partial charge in [-0.25, -0.2) is 12.8 Å². The first-order valence-corrected chi connectivity index (χ1v) is 11.1. The summed E-state index contributed by atoms with van der Waals surface area (Å²) in [5.74, 6) is -0.652.